The van der Waals surface area contributed by atoms with E-state index in [0.29, 0.717) is 25.7 Å². The molecule has 4 rings (SSSR count). The number of hydrogen-bond donors (Lipinski definition) is 0. The number of esters is 4. The van der Waals surface area contributed by atoms with Gasteiger partial charge in [0.1, 0.15) is 18.3 Å². The Morgan fingerprint density at radius 2 is 0.580 bits per heavy atom. The summed E-state index contributed by atoms with van der Waals surface area (Å²) in [6.07, 6.45) is 98.1. The zero-order chi connectivity index (χ0) is 63.5. The minimum atomic E-state index is -0.0414. The van der Waals surface area contributed by atoms with Crippen LogP contribution in [0.25, 0.3) is 0 Å². The van der Waals surface area contributed by atoms with Crippen LogP contribution in [0.2, 0.25) is 0 Å². The Bertz CT molecular complexity index is 2040. The van der Waals surface area contributed by atoms with Gasteiger partial charge in [-0.15, -0.1) is 0 Å². The average Bonchev–Trinajstić information content (AvgIpc) is 3.53. The van der Waals surface area contributed by atoms with Crippen molar-refractivity contribution in [3.05, 3.63) is 146 Å². The minimum Gasteiger partial charge on any atom is -0.463 e. The van der Waals surface area contributed by atoms with Crippen LogP contribution in [0.5, 0.6) is 0 Å². The fourth-order valence-corrected chi connectivity index (χ4v) is 10.3. The molecule has 0 saturated carbocycles. The molecule has 0 aromatic heterocycles. The van der Waals surface area contributed by atoms with Gasteiger partial charge in [-0.1, -0.05) is 218 Å². The molecule has 0 aromatic rings. The topological polar surface area (TPSA) is 105 Å². The molecule has 88 heavy (non-hydrogen) atoms. The molecule has 0 radical (unpaired) electrons. The molecular weight excluding hydrogens is 1090 g/mol. The van der Waals surface area contributed by atoms with E-state index in [1.807, 2.05) is 6.92 Å². The molecule has 0 aliphatic carbocycles. The number of carbonyl (C=O) groups is 4. The van der Waals surface area contributed by atoms with Crippen LogP contribution in [0.15, 0.2) is 146 Å². The minimum absolute atomic E-state index is 0.0171. The molecule has 0 bridgehead atoms. The Kier molecular flexibility index (Phi) is 59.4. The van der Waals surface area contributed by atoms with Gasteiger partial charge in [-0.05, 0) is 206 Å². The summed E-state index contributed by atoms with van der Waals surface area (Å²) in [4.78, 5) is 47.3. The summed E-state index contributed by atoms with van der Waals surface area (Å²) >= 11 is 0. The molecular formula is C80H128O8. The fraction of sp³-hybridized carbons (Fsp3) is 0.650. The van der Waals surface area contributed by atoms with Crippen molar-refractivity contribution in [1.29, 1.82) is 0 Å². The standard InChI is InChI=1S/4C20H32O2/c1-19-17-15-13-11-9-7-5-3-2-4-6-8-10-12-14-16-18-20(21)22-19;1-2-19-17-15-13-11-9-7-5-3-4-6-8-10-12-14-16-18-20(21)22-19;2*1-2-16-19-17-14-12-10-8-6-4-3-5-7-9-11-13-15-18-20(21)22-19/h3-6,10,12,19H,2,7-9,11,13-18H2,1H3;4-7,11,13,19H,2-3,8-10,12,14-18H2,1H3;3,5-6,8,12,14,19H,2,4,7,9-11,13,15-18H2,1H3;3,5-6,8-9,11,19H,2,4,7,10,12-18H2,1H3/b5-3-,6-4-,12-10-;6-4-,7-5-,13-11-;5-3-,8-6-,14-12-;5-3-,8-6-,11-9-. The summed E-state index contributed by atoms with van der Waals surface area (Å²) in [5.41, 5.74) is 0. The maximum Gasteiger partial charge on any atom is 0.306 e. The average molecular weight is 1220 g/mol. The molecule has 8 heteroatoms. The first-order valence-electron chi connectivity index (χ1n) is 35.8. The molecule has 8 nitrogen and oxygen atoms in total. The van der Waals surface area contributed by atoms with Gasteiger partial charge in [-0.2, -0.15) is 0 Å². The van der Waals surface area contributed by atoms with Crippen molar-refractivity contribution in [2.75, 3.05) is 0 Å². The van der Waals surface area contributed by atoms with Crippen LogP contribution >= 0.6 is 0 Å². The second-order valence-electron chi connectivity index (χ2n) is 23.9. The third kappa shape index (κ3) is 58.4. The highest BCUT2D eigenvalue weighted by molar-refractivity contribution is 5.70. The third-order valence-electron chi connectivity index (χ3n) is 15.5. The summed E-state index contributed by atoms with van der Waals surface area (Å²) in [7, 11) is 0. The van der Waals surface area contributed by atoms with Gasteiger partial charge in [-0.25, -0.2) is 0 Å². The maximum atomic E-state index is 11.9. The highest BCUT2D eigenvalue weighted by atomic mass is 16.6. The van der Waals surface area contributed by atoms with Crippen molar-refractivity contribution in [3.8, 4) is 0 Å². The van der Waals surface area contributed by atoms with E-state index in [1.54, 1.807) is 0 Å². The molecule has 0 fully saturated rings. The van der Waals surface area contributed by atoms with Gasteiger partial charge in [0.15, 0.2) is 0 Å². The summed E-state index contributed by atoms with van der Waals surface area (Å²) in [5, 5.41) is 0. The van der Waals surface area contributed by atoms with Gasteiger partial charge >= 0.3 is 23.9 Å². The Hall–Kier alpha value is -5.24. The van der Waals surface area contributed by atoms with Crippen molar-refractivity contribution < 1.29 is 38.1 Å². The highest BCUT2D eigenvalue weighted by Crippen LogP contribution is 2.18. The number of ether oxygens (including phenoxy) is 4. The lowest BCUT2D eigenvalue weighted by Gasteiger charge is -2.17. The lowest BCUT2D eigenvalue weighted by atomic mass is 10.1. The second kappa shape index (κ2) is 64.7. The molecule has 4 aliphatic rings. The van der Waals surface area contributed by atoms with Crippen molar-refractivity contribution in [2.24, 2.45) is 0 Å². The molecule has 0 N–H and O–H groups in total. The largest absolute Gasteiger partial charge is 0.463 e. The molecule has 4 atom stereocenters. The summed E-state index contributed by atoms with van der Waals surface area (Å²) in [5.74, 6) is -0.0996. The third-order valence-corrected chi connectivity index (χ3v) is 15.5. The van der Waals surface area contributed by atoms with Crippen LogP contribution < -0.4 is 0 Å². The number of cyclic esters (lactones) is 4. The Morgan fingerprint density at radius 3 is 1.00 bits per heavy atom. The Labute approximate surface area is 539 Å². The van der Waals surface area contributed by atoms with E-state index in [9.17, 15) is 19.2 Å². The number of hydrogen-bond acceptors (Lipinski definition) is 8. The maximum absolute atomic E-state index is 11.9. The van der Waals surface area contributed by atoms with Gasteiger partial charge in [0.25, 0.3) is 0 Å². The zero-order valence-electron chi connectivity index (χ0n) is 56.5. The number of allylic oxidation sites excluding steroid dienone is 23. The van der Waals surface area contributed by atoms with E-state index >= 15 is 0 Å². The quantitative estimate of drug-likeness (QED) is 0.152. The Balaban J connectivity index is 0.000000587. The van der Waals surface area contributed by atoms with E-state index in [0.717, 1.165) is 199 Å². The molecule has 4 aliphatic heterocycles. The molecule has 0 spiro atoms. The van der Waals surface area contributed by atoms with Crippen molar-refractivity contribution in [1.82, 2.24) is 0 Å². The first-order chi connectivity index (χ1) is 43.3. The summed E-state index contributed by atoms with van der Waals surface area (Å²) in [6, 6.07) is 0. The Morgan fingerprint density at radius 1 is 0.284 bits per heavy atom. The van der Waals surface area contributed by atoms with E-state index in [2.05, 4.69) is 167 Å². The predicted octanol–water partition coefficient (Wildman–Crippen LogP) is 23.6. The summed E-state index contributed by atoms with van der Waals surface area (Å²) < 4.78 is 22.3. The van der Waals surface area contributed by atoms with E-state index < -0.39 is 0 Å². The summed E-state index contributed by atoms with van der Waals surface area (Å²) in [6.45, 7) is 8.39. The molecule has 4 unspecified atom stereocenters. The number of carbonyl (C=O) groups excluding carboxylic acids is 4. The lowest BCUT2D eigenvalue weighted by Crippen LogP contribution is -2.18. The van der Waals surface area contributed by atoms with Gasteiger partial charge in [0.05, 0.1) is 6.10 Å². The molecule has 0 saturated heterocycles. The normalized spacial score (nSPS) is 27.5. The molecule has 4 heterocycles. The highest BCUT2D eigenvalue weighted by Gasteiger charge is 2.15. The van der Waals surface area contributed by atoms with Crippen LogP contribution in [0, 0.1) is 0 Å². The second-order valence-corrected chi connectivity index (χ2v) is 23.9. The van der Waals surface area contributed by atoms with Crippen molar-refractivity contribution in [3.63, 3.8) is 0 Å². The molecule has 496 valence electrons. The van der Waals surface area contributed by atoms with Crippen LogP contribution in [0.3, 0.4) is 0 Å². The molecule has 0 aromatic carbocycles. The van der Waals surface area contributed by atoms with E-state index in [1.165, 1.54) is 57.8 Å². The first kappa shape index (κ1) is 80.8. The monoisotopic (exact) mass is 1220 g/mol. The lowest BCUT2D eigenvalue weighted by molar-refractivity contribution is -0.150. The van der Waals surface area contributed by atoms with Gasteiger partial charge in [-0.3, -0.25) is 19.2 Å². The van der Waals surface area contributed by atoms with Crippen LogP contribution in [0.4, 0.5) is 0 Å². The fourth-order valence-electron chi connectivity index (χ4n) is 10.3. The van der Waals surface area contributed by atoms with Gasteiger partial charge < -0.3 is 18.9 Å². The number of rotatable bonds is 5. The SMILES string of the molecule is CC1CCCCCC/C=C\C/C=C\C/C=C\CCCC(=O)O1.CCC1CC/C=C\C/C=C\C/C=C\CCCCCCC(=O)O1.CCCC1C/C=C\C/C=C\C/C=C\CCCCCCC(=O)O1.CCCC1CCCC/C=C\C/C=C\C/C=C\CCCC(=O)O1. The van der Waals surface area contributed by atoms with E-state index in [-0.39, 0.29) is 48.3 Å². The van der Waals surface area contributed by atoms with Gasteiger partial charge in [0.2, 0.25) is 0 Å². The van der Waals surface area contributed by atoms with Crippen LogP contribution in [-0.4, -0.2) is 48.3 Å². The van der Waals surface area contributed by atoms with Crippen LogP contribution in [-0.2, 0) is 38.1 Å². The van der Waals surface area contributed by atoms with Crippen molar-refractivity contribution >= 4 is 23.9 Å². The zero-order valence-corrected chi connectivity index (χ0v) is 56.5. The van der Waals surface area contributed by atoms with Gasteiger partial charge in [0, 0.05) is 32.1 Å². The molecule has 0 amide bonds. The van der Waals surface area contributed by atoms with E-state index in [4.69, 9.17) is 18.9 Å². The first-order valence-corrected chi connectivity index (χ1v) is 35.8. The predicted molar refractivity (Wildman–Crippen MR) is 375 cm³/mol. The van der Waals surface area contributed by atoms with Crippen LogP contribution in [0.1, 0.15) is 310 Å². The van der Waals surface area contributed by atoms with Crippen molar-refractivity contribution in [2.45, 2.75) is 335 Å². The smallest absolute Gasteiger partial charge is 0.306 e.